The van der Waals surface area contributed by atoms with Crippen LogP contribution in [0.1, 0.15) is 26.3 Å². The van der Waals surface area contributed by atoms with Crippen molar-refractivity contribution in [3.05, 3.63) is 60.2 Å². The van der Waals surface area contributed by atoms with Gasteiger partial charge in [0.15, 0.2) is 15.8 Å². The van der Waals surface area contributed by atoms with Gasteiger partial charge in [-0.1, -0.05) is 44.2 Å². The Morgan fingerprint density at radius 3 is 2.23 bits per heavy atom. The van der Waals surface area contributed by atoms with Crippen LogP contribution < -0.4 is 15.4 Å². The topological polar surface area (TPSA) is 79.8 Å². The molecule has 0 heterocycles. The van der Waals surface area contributed by atoms with Crippen molar-refractivity contribution < 1.29 is 13.2 Å². The first-order valence-electron chi connectivity index (χ1n) is 9.73. The summed E-state index contributed by atoms with van der Waals surface area (Å²) in [6.07, 6.45) is 1.19. The van der Waals surface area contributed by atoms with Crippen molar-refractivity contribution in [2.45, 2.75) is 31.1 Å². The lowest BCUT2D eigenvalue weighted by Crippen LogP contribution is -2.40. The molecule has 2 aromatic carbocycles. The molecular weight excluding hydrogens is 513 g/mol. The van der Waals surface area contributed by atoms with Crippen LogP contribution >= 0.6 is 24.0 Å². The molecule has 166 valence electrons. The second-order valence-electron chi connectivity index (χ2n) is 7.46. The number of nitrogens with one attached hydrogen (secondary N) is 2. The molecule has 6 nitrogen and oxygen atoms in total. The van der Waals surface area contributed by atoms with Gasteiger partial charge in [0.2, 0.25) is 0 Å². The first-order valence-corrected chi connectivity index (χ1v) is 11.6. The number of nitrogens with zero attached hydrogens (tertiary/aromatic N) is 1. The molecule has 0 aromatic heterocycles. The van der Waals surface area contributed by atoms with Crippen molar-refractivity contribution in [1.29, 1.82) is 0 Å². The number of ether oxygens (including phenoxy) is 1. The molecule has 0 amide bonds. The lowest BCUT2D eigenvalue weighted by molar-refractivity contribution is 0.321. The Morgan fingerprint density at radius 1 is 1.03 bits per heavy atom. The standard InChI is InChI=1S/C22H31N3O3S.HI/c1-5-23-21(25-17-22(2,3)18-9-7-6-8-10-18)24-15-16-28-19-11-13-20(14-12-19)29(4,26)27;/h6-14H,5,15-17H2,1-4H3,(H2,23,24,25);1H. The molecule has 30 heavy (non-hydrogen) atoms. The summed E-state index contributed by atoms with van der Waals surface area (Å²) in [7, 11) is -3.19. The summed E-state index contributed by atoms with van der Waals surface area (Å²) in [6, 6.07) is 16.8. The summed E-state index contributed by atoms with van der Waals surface area (Å²) >= 11 is 0. The smallest absolute Gasteiger partial charge is 0.191 e. The fourth-order valence-electron chi connectivity index (χ4n) is 2.72. The van der Waals surface area contributed by atoms with Crippen LogP contribution in [-0.4, -0.2) is 46.9 Å². The lowest BCUT2D eigenvalue weighted by Gasteiger charge is -2.24. The predicted molar refractivity (Wildman–Crippen MR) is 134 cm³/mol. The molecule has 0 aliphatic carbocycles. The second kappa shape index (κ2) is 12.1. The number of sulfone groups is 1. The fourth-order valence-corrected chi connectivity index (χ4v) is 3.35. The van der Waals surface area contributed by atoms with Crippen LogP contribution in [0.3, 0.4) is 0 Å². The maximum atomic E-state index is 11.5. The van der Waals surface area contributed by atoms with E-state index in [2.05, 4.69) is 36.6 Å². The molecular formula is C22H32IN3O3S. The van der Waals surface area contributed by atoms with E-state index in [0.29, 0.717) is 25.4 Å². The van der Waals surface area contributed by atoms with Gasteiger partial charge in [-0.3, -0.25) is 4.99 Å². The molecule has 0 spiro atoms. The van der Waals surface area contributed by atoms with E-state index < -0.39 is 9.84 Å². The molecule has 8 heteroatoms. The number of halogens is 1. The Morgan fingerprint density at radius 2 is 1.67 bits per heavy atom. The molecule has 0 saturated heterocycles. The second-order valence-corrected chi connectivity index (χ2v) is 9.48. The molecule has 0 aliphatic heterocycles. The van der Waals surface area contributed by atoms with Gasteiger partial charge in [-0.2, -0.15) is 0 Å². The Labute approximate surface area is 197 Å². The molecule has 0 unspecified atom stereocenters. The minimum Gasteiger partial charge on any atom is -0.492 e. The molecule has 0 radical (unpaired) electrons. The third kappa shape index (κ3) is 8.51. The Balaban J connectivity index is 0.00000450. The van der Waals surface area contributed by atoms with Gasteiger partial charge < -0.3 is 15.4 Å². The monoisotopic (exact) mass is 545 g/mol. The molecule has 0 atom stereocenters. The van der Waals surface area contributed by atoms with Gasteiger partial charge in [-0.15, -0.1) is 24.0 Å². The molecule has 2 N–H and O–H groups in total. The zero-order valence-electron chi connectivity index (χ0n) is 18.0. The molecule has 0 saturated carbocycles. The number of benzene rings is 2. The molecule has 0 fully saturated rings. The van der Waals surface area contributed by atoms with Gasteiger partial charge in [-0.05, 0) is 36.8 Å². The van der Waals surface area contributed by atoms with E-state index in [-0.39, 0.29) is 34.3 Å². The van der Waals surface area contributed by atoms with Crippen LogP contribution in [0.15, 0.2) is 64.5 Å². The van der Waals surface area contributed by atoms with Crippen molar-refractivity contribution in [2.75, 3.05) is 32.5 Å². The van der Waals surface area contributed by atoms with Crippen LogP contribution in [0.5, 0.6) is 5.75 Å². The summed E-state index contributed by atoms with van der Waals surface area (Å²) in [4.78, 5) is 5.00. The zero-order valence-corrected chi connectivity index (χ0v) is 21.2. The van der Waals surface area contributed by atoms with E-state index in [1.165, 1.54) is 11.8 Å². The number of aliphatic imine (C=N–C) groups is 1. The van der Waals surface area contributed by atoms with Crippen molar-refractivity contribution in [3.8, 4) is 5.75 Å². The maximum Gasteiger partial charge on any atom is 0.191 e. The lowest BCUT2D eigenvalue weighted by atomic mass is 9.85. The van der Waals surface area contributed by atoms with E-state index in [4.69, 9.17) is 9.73 Å². The summed E-state index contributed by atoms with van der Waals surface area (Å²) in [5.74, 6) is 1.37. The summed E-state index contributed by atoms with van der Waals surface area (Å²) in [6.45, 7) is 8.82. The SMILES string of the molecule is CCNC(=NCC(C)(C)c1ccccc1)NCCOc1ccc(S(C)(=O)=O)cc1.I. The van der Waals surface area contributed by atoms with E-state index in [0.717, 1.165) is 12.5 Å². The molecule has 2 aromatic rings. The molecule has 0 bridgehead atoms. The van der Waals surface area contributed by atoms with E-state index in [1.807, 2.05) is 25.1 Å². The highest BCUT2D eigenvalue weighted by Gasteiger charge is 2.20. The largest absolute Gasteiger partial charge is 0.492 e. The highest BCUT2D eigenvalue weighted by atomic mass is 127. The summed E-state index contributed by atoms with van der Waals surface area (Å²) < 4.78 is 28.7. The van der Waals surface area contributed by atoms with Crippen molar-refractivity contribution in [2.24, 2.45) is 4.99 Å². The molecule has 2 rings (SSSR count). The zero-order chi connectivity index (χ0) is 21.3. The van der Waals surface area contributed by atoms with Gasteiger partial charge in [0.05, 0.1) is 18.0 Å². The average molecular weight is 545 g/mol. The predicted octanol–water partition coefficient (Wildman–Crippen LogP) is 3.62. The van der Waals surface area contributed by atoms with Gasteiger partial charge in [0.25, 0.3) is 0 Å². The van der Waals surface area contributed by atoms with Crippen LogP contribution in [0.2, 0.25) is 0 Å². The maximum absolute atomic E-state index is 11.5. The summed E-state index contributed by atoms with van der Waals surface area (Å²) in [5, 5.41) is 6.51. The van der Waals surface area contributed by atoms with Crippen LogP contribution in [0.25, 0.3) is 0 Å². The van der Waals surface area contributed by atoms with Crippen molar-refractivity contribution in [1.82, 2.24) is 10.6 Å². The minimum atomic E-state index is -3.19. The van der Waals surface area contributed by atoms with Crippen LogP contribution in [0.4, 0.5) is 0 Å². The highest BCUT2D eigenvalue weighted by molar-refractivity contribution is 14.0. The third-order valence-electron chi connectivity index (χ3n) is 4.45. The number of guanidine groups is 1. The minimum absolute atomic E-state index is 0. The third-order valence-corrected chi connectivity index (χ3v) is 5.58. The normalized spacial score (nSPS) is 12.1. The summed E-state index contributed by atoms with van der Waals surface area (Å²) in [5.41, 5.74) is 1.18. The van der Waals surface area contributed by atoms with Gasteiger partial charge in [0, 0.05) is 18.2 Å². The Hall–Kier alpha value is -1.81. The van der Waals surface area contributed by atoms with E-state index in [9.17, 15) is 8.42 Å². The van der Waals surface area contributed by atoms with Gasteiger partial charge in [0.1, 0.15) is 12.4 Å². The number of hydrogen-bond acceptors (Lipinski definition) is 4. The van der Waals surface area contributed by atoms with E-state index in [1.54, 1.807) is 24.3 Å². The van der Waals surface area contributed by atoms with Crippen LogP contribution in [0, 0.1) is 0 Å². The number of rotatable bonds is 9. The first kappa shape index (κ1) is 26.2. The van der Waals surface area contributed by atoms with Crippen molar-refractivity contribution >= 4 is 39.8 Å². The van der Waals surface area contributed by atoms with Gasteiger partial charge >= 0.3 is 0 Å². The average Bonchev–Trinajstić information content (AvgIpc) is 2.69. The number of hydrogen-bond donors (Lipinski definition) is 2. The highest BCUT2D eigenvalue weighted by Crippen LogP contribution is 2.23. The first-order chi connectivity index (χ1) is 13.7. The van der Waals surface area contributed by atoms with Gasteiger partial charge in [-0.25, -0.2) is 8.42 Å². The van der Waals surface area contributed by atoms with Crippen molar-refractivity contribution in [3.63, 3.8) is 0 Å². The molecule has 0 aliphatic rings. The Kier molecular flexibility index (Phi) is 10.6. The fraction of sp³-hybridized carbons (Fsp3) is 0.409. The Bertz CT molecular complexity index is 899. The van der Waals surface area contributed by atoms with E-state index >= 15 is 0 Å². The van der Waals surface area contributed by atoms with Crippen LogP contribution in [-0.2, 0) is 15.3 Å². The quantitative estimate of drug-likeness (QED) is 0.218.